The summed E-state index contributed by atoms with van der Waals surface area (Å²) in [5.41, 5.74) is 3.69. The number of fused-ring (bicyclic) bond motifs is 4. The number of primary amides is 1. The molecule has 2 aromatic carbocycles. The number of phenols is 1. The van der Waals surface area contributed by atoms with Crippen molar-refractivity contribution in [3.63, 3.8) is 0 Å². The van der Waals surface area contributed by atoms with E-state index in [4.69, 9.17) is 15.2 Å². The minimum atomic E-state index is -2.69. The number of hydrogen-bond acceptors (Lipinski definition) is 11. The summed E-state index contributed by atoms with van der Waals surface area (Å²) in [7, 11) is 6.79. The van der Waals surface area contributed by atoms with Gasteiger partial charge in [-0.05, 0) is 62.2 Å². The second-order valence-corrected chi connectivity index (χ2v) is 11.6. The van der Waals surface area contributed by atoms with E-state index in [0.717, 1.165) is 0 Å². The molecule has 0 unspecified atom stereocenters. The lowest BCUT2D eigenvalue weighted by molar-refractivity contribution is -0.148. The van der Waals surface area contributed by atoms with Gasteiger partial charge in [-0.2, -0.15) is 0 Å². The Labute approximate surface area is 240 Å². The maximum Gasteiger partial charge on any atom is 0.255 e. The number of ketones is 2. The molecular weight excluding hydrogens is 546 g/mol. The SMILES string of the molecule is CN(C)c1cc(-c2ccc3c(c2)OCO3)c(O)c2c1C[C@H]1C[C@@H]3[C@@H](N(C)C)C(O)=C(C(N)=O)C(=O)[C@]3(O)C(O)=C1C2=O. The normalized spacial score (nSPS) is 26.3. The molecule has 4 aliphatic rings. The van der Waals surface area contributed by atoms with E-state index in [1.54, 1.807) is 52.5 Å². The van der Waals surface area contributed by atoms with Crippen molar-refractivity contribution in [3.8, 4) is 28.4 Å². The van der Waals surface area contributed by atoms with Crippen molar-refractivity contribution in [1.82, 2.24) is 4.90 Å². The van der Waals surface area contributed by atoms with Gasteiger partial charge in [0.25, 0.3) is 5.91 Å². The van der Waals surface area contributed by atoms with E-state index in [1.807, 2.05) is 4.90 Å². The Kier molecular flexibility index (Phi) is 6.07. The first kappa shape index (κ1) is 27.6. The summed E-state index contributed by atoms with van der Waals surface area (Å²) < 4.78 is 10.9. The van der Waals surface area contributed by atoms with Crippen LogP contribution in [0.3, 0.4) is 0 Å². The first-order chi connectivity index (χ1) is 19.8. The fraction of sp³-hybridized carbons (Fsp3) is 0.367. The summed E-state index contributed by atoms with van der Waals surface area (Å²) in [6.07, 6.45) is 0.209. The summed E-state index contributed by atoms with van der Waals surface area (Å²) >= 11 is 0. The highest BCUT2D eigenvalue weighted by molar-refractivity contribution is 6.25. The molecule has 0 aromatic heterocycles. The van der Waals surface area contributed by atoms with Gasteiger partial charge in [-0.1, -0.05) is 6.07 Å². The molecule has 3 aliphatic carbocycles. The van der Waals surface area contributed by atoms with Gasteiger partial charge in [0.15, 0.2) is 22.9 Å². The number of nitrogens with zero attached hydrogens (tertiary/aromatic N) is 2. The molecule has 1 aliphatic heterocycles. The highest BCUT2D eigenvalue weighted by Crippen LogP contribution is 2.54. The molecule has 0 saturated carbocycles. The van der Waals surface area contributed by atoms with Gasteiger partial charge in [0.2, 0.25) is 12.6 Å². The minimum Gasteiger partial charge on any atom is -0.510 e. The fourth-order valence-electron chi connectivity index (χ4n) is 6.98. The van der Waals surface area contributed by atoms with Crippen molar-refractivity contribution in [1.29, 1.82) is 0 Å². The summed E-state index contributed by atoms with van der Waals surface area (Å²) in [5, 5.41) is 45.9. The van der Waals surface area contributed by atoms with E-state index in [9.17, 15) is 34.8 Å². The van der Waals surface area contributed by atoms with Crippen LogP contribution >= 0.6 is 0 Å². The monoisotopic (exact) mass is 577 g/mol. The van der Waals surface area contributed by atoms with Gasteiger partial charge >= 0.3 is 0 Å². The van der Waals surface area contributed by atoms with Gasteiger partial charge in [-0.15, -0.1) is 0 Å². The fourth-order valence-corrected chi connectivity index (χ4v) is 6.98. The number of aromatic hydroxyl groups is 1. The number of aliphatic hydroxyl groups excluding tert-OH is 2. The first-order valence-corrected chi connectivity index (χ1v) is 13.4. The second kappa shape index (κ2) is 9.23. The molecule has 0 bridgehead atoms. The molecule has 0 radical (unpaired) electrons. The zero-order valence-corrected chi connectivity index (χ0v) is 23.5. The topological polar surface area (TPSA) is 183 Å². The number of rotatable bonds is 4. The van der Waals surface area contributed by atoms with Crippen LogP contribution in [0.25, 0.3) is 11.1 Å². The highest BCUT2D eigenvalue weighted by atomic mass is 16.7. The number of ether oxygens (including phenoxy) is 2. The van der Waals surface area contributed by atoms with E-state index in [2.05, 4.69) is 0 Å². The van der Waals surface area contributed by atoms with Crippen LogP contribution in [-0.4, -0.2) is 89.4 Å². The Morgan fingerprint density at radius 1 is 1.05 bits per heavy atom. The van der Waals surface area contributed by atoms with E-state index in [1.165, 1.54) is 4.90 Å². The van der Waals surface area contributed by atoms with Crippen LogP contribution < -0.4 is 20.1 Å². The van der Waals surface area contributed by atoms with Crippen LogP contribution in [0.15, 0.2) is 46.9 Å². The van der Waals surface area contributed by atoms with Crippen LogP contribution in [-0.2, 0) is 16.0 Å². The van der Waals surface area contributed by atoms with Crippen molar-refractivity contribution in [2.45, 2.75) is 24.5 Å². The quantitative estimate of drug-likeness (QED) is 0.333. The van der Waals surface area contributed by atoms with E-state index in [-0.39, 0.29) is 36.5 Å². The van der Waals surface area contributed by atoms with Gasteiger partial charge in [0, 0.05) is 36.8 Å². The molecule has 6 rings (SSSR count). The molecule has 1 amide bonds. The van der Waals surface area contributed by atoms with Crippen molar-refractivity contribution >= 4 is 23.2 Å². The maximum absolute atomic E-state index is 14.2. The van der Waals surface area contributed by atoms with Gasteiger partial charge in [0.05, 0.1) is 11.6 Å². The van der Waals surface area contributed by atoms with Crippen molar-refractivity contribution in [2.24, 2.45) is 17.6 Å². The Morgan fingerprint density at radius 2 is 1.74 bits per heavy atom. The molecule has 0 fully saturated rings. The highest BCUT2D eigenvalue weighted by Gasteiger charge is 2.63. The molecule has 12 nitrogen and oxygen atoms in total. The van der Waals surface area contributed by atoms with E-state index < -0.39 is 58.0 Å². The van der Waals surface area contributed by atoms with Gasteiger partial charge in [-0.3, -0.25) is 19.3 Å². The summed E-state index contributed by atoms with van der Waals surface area (Å²) in [5.74, 6) is -5.84. The number of benzene rings is 2. The molecular formula is C30H31N3O9. The Hall–Kier alpha value is -4.55. The second-order valence-electron chi connectivity index (χ2n) is 11.6. The first-order valence-electron chi connectivity index (χ1n) is 13.4. The van der Waals surface area contributed by atoms with Gasteiger partial charge < -0.3 is 40.5 Å². The molecule has 220 valence electrons. The van der Waals surface area contributed by atoms with Crippen molar-refractivity contribution < 1.29 is 44.3 Å². The number of aliphatic hydroxyl groups is 3. The number of carbonyl (C=O) groups is 3. The Morgan fingerprint density at radius 3 is 2.38 bits per heavy atom. The zero-order chi connectivity index (χ0) is 30.4. The van der Waals surface area contributed by atoms with Crippen molar-refractivity contribution in [3.05, 3.63) is 58.1 Å². The molecule has 6 N–H and O–H groups in total. The number of likely N-dealkylation sites (N-methyl/N-ethyl adjacent to an activating group) is 1. The summed E-state index contributed by atoms with van der Waals surface area (Å²) in [6.45, 7) is 0.0624. The molecule has 1 heterocycles. The van der Waals surface area contributed by atoms with Crippen LogP contribution in [0.5, 0.6) is 17.2 Å². The molecule has 4 atom stereocenters. The predicted octanol–water partition coefficient (Wildman–Crippen LogP) is 1.58. The number of Topliss-reactive ketones (excluding diaryl/α,β-unsaturated/α-hetero) is 2. The van der Waals surface area contributed by atoms with E-state index in [0.29, 0.717) is 33.9 Å². The van der Waals surface area contributed by atoms with Crippen LogP contribution in [0.2, 0.25) is 0 Å². The third-order valence-electron chi connectivity index (χ3n) is 8.86. The van der Waals surface area contributed by atoms with Crippen LogP contribution in [0, 0.1) is 11.8 Å². The summed E-state index contributed by atoms with van der Waals surface area (Å²) in [6, 6.07) is 5.83. The van der Waals surface area contributed by atoms with E-state index >= 15 is 0 Å². The third kappa shape index (κ3) is 3.58. The molecule has 0 saturated heterocycles. The minimum absolute atomic E-state index is 0.0172. The Bertz CT molecular complexity index is 1660. The average Bonchev–Trinajstić information content (AvgIpc) is 3.38. The number of nitrogens with two attached hydrogens (primary N) is 1. The molecule has 42 heavy (non-hydrogen) atoms. The average molecular weight is 578 g/mol. The lowest BCUT2D eigenvalue weighted by Gasteiger charge is -2.50. The van der Waals surface area contributed by atoms with Crippen LogP contribution in [0.4, 0.5) is 5.69 Å². The Balaban J connectivity index is 1.56. The number of anilines is 1. The predicted molar refractivity (Wildman–Crippen MR) is 150 cm³/mol. The maximum atomic E-state index is 14.2. The van der Waals surface area contributed by atoms with Crippen LogP contribution in [0.1, 0.15) is 22.3 Å². The summed E-state index contributed by atoms with van der Waals surface area (Å²) in [4.78, 5) is 43.3. The van der Waals surface area contributed by atoms with Gasteiger partial charge in [-0.25, -0.2) is 0 Å². The third-order valence-corrected chi connectivity index (χ3v) is 8.86. The molecule has 0 spiro atoms. The number of allylic oxidation sites excluding steroid dienone is 1. The number of hydrogen-bond donors (Lipinski definition) is 5. The molecule has 2 aromatic rings. The standard InChI is InChI=1S/C30H31N3O9/c1-32(2)17-10-14(12-5-6-18-19(9-12)42-11-41-18)24(34)21-15(17)7-13-8-16-23(33(3)4)26(36)22(29(31)39)28(38)30(16,40)27(37)20(13)25(21)35/h5-6,9-10,13,16,23,34,36-37,40H,7-8,11H2,1-4H3,(H2,31,39)/t13-,16+,23+,30+/m0/s1. The largest absolute Gasteiger partial charge is 0.510 e. The van der Waals surface area contributed by atoms with Crippen molar-refractivity contribution in [2.75, 3.05) is 39.9 Å². The lowest BCUT2D eigenvalue weighted by Crippen LogP contribution is -2.63. The number of amides is 1. The number of carbonyl (C=O) groups excluding carboxylic acids is 3. The lowest BCUT2D eigenvalue weighted by atomic mass is 9.58. The smallest absolute Gasteiger partial charge is 0.255 e. The zero-order valence-electron chi connectivity index (χ0n) is 23.5. The number of phenolic OH excluding ortho intramolecular Hbond substituents is 1. The molecule has 12 heteroatoms. The van der Waals surface area contributed by atoms with Gasteiger partial charge in [0.1, 0.15) is 22.8 Å².